The van der Waals surface area contributed by atoms with E-state index in [1.165, 1.54) is 0 Å². The van der Waals surface area contributed by atoms with Crippen molar-refractivity contribution in [2.24, 2.45) is 0 Å². The number of nitrogens with zero attached hydrogens (tertiary/aromatic N) is 3. The van der Waals surface area contributed by atoms with E-state index in [9.17, 15) is 0 Å². The molecule has 1 N–H and O–H groups in total. The van der Waals surface area contributed by atoms with E-state index in [0.29, 0.717) is 0 Å². The first-order valence-corrected chi connectivity index (χ1v) is 7.32. The van der Waals surface area contributed by atoms with E-state index in [1.807, 2.05) is 45.4 Å². The molecular weight excluding hydrogens is 316 g/mol. The molecule has 2 aromatic rings. The van der Waals surface area contributed by atoms with Crippen LogP contribution in [0.25, 0.3) is 0 Å². The molecule has 4 nitrogen and oxygen atoms in total. The number of halogens is 1. The Labute approximate surface area is 128 Å². The predicted octanol–water partition coefficient (Wildman–Crippen LogP) is 2.90. The standard InChI is InChI=1S/C15H19BrN4/c1-11-5-4-6-14(19-11)10-20(3)15-12(8-17-2)7-13(16)9-18-15/h4-7,9,17H,8,10H2,1-3H3. The SMILES string of the molecule is CNCc1cc(Br)cnc1N(C)Cc1cccc(C)n1. The van der Waals surface area contributed by atoms with Crippen LogP contribution in [0.15, 0.2) is 34.9 Å². The molecule has 0 aliphatic carbocycles. The Morgan fingerprint density at radius 1 is 1.35 bits per heavy atom. The molecule has 0 radical (unpaired) electrons. The number of rotatable bonds is 5. The fourth-order valence-corrected chi connectivity index (χ4v) is 2.52. The smallest absolute Gasteiger partial charge is 0.133 e. The summed E-state index contributed by atoms with van der Waals surface area (Å²) in [5.41, 5.74) is 3.25. The van der Waals surface area contributed by atoms with E-state index >= 15 is 0 Å². The fourth-order valence-electron chi connectivity index (χ4n) is 2.14. The molecule has 2 heterocycles. The number of aryl methyl sites for hydroxylation is 1. The Bertz CT molecular complexity index is 586. The van der Waals surface area contributed by atoms with E-state index in [-0.39, 0.29) is 0 Å². The first kappa shape index (κ1) is 14.9. The van der Waals surface area contributed by atoms with Crippen molar-refractivity contribution >= 4 is 21.7 Å². The zero-order valence-corrected chi connectivity index (χ0v) is 13.6. The van der Waals surface area contributed by atoms with Crippen molar-refractivity contribution in [3.63, 3.8) is 0 Å². The molecule has 0 aliphatic heterocycles. The van der Waals surface area contributed by atoms with E-state index in [2.05, 4.69) is 42.2 Å². The summed E-state index contributed by atoms with van der Waals surface area (Å²) in [6, 6.07) is 8.18. The topological polar surface area (TPSA) is 41.1 Å². The number of aromatic nitrogens is 2. The predicted molar refractivity (Wildman–Crippen MR) is 85.8 cm³/mol. The Balaban J connectivity index is 2.22. The summed E-state index contributed by atoms with van der Waals surface area (Å²) in [5, 5.41) is 3.18. The quantitative estimate of drug-likeness (QED) is 0.912. The maximum Gasteiger partial charge on any atom is 0.133 e. The van der Waals surface area contributed by atoms with Gasteiger partial charge in [-0.3, -0.25) is 4.98 Å². The van der Waals surface area contributed by atoms with Gasteiger partial charge in [-0.2, -0.15) is 0 Å². The molecule has 2 aromatic heterocycles. The van der Waals surface area contributed by atoms with Crippen LogP contribution in [0.1, 0.15) is 17.0 Å². The minimum atomic E-state index is 0.743. The second kappa shape index (κ2) is 6.81. The van der Waals surface area contributed by atoms with Crippen molar-refractivity contribution in [3.8, 4) is 0 Å². The minimum Gasteiger partial charge on any atom is -0.354 e. The van der Waals surface area contributed by atoms with Gasteiger partial charge in [0.15, 0.2) is 0 Å². The lowest BCUT2D eigenvalue weighted by Crippen LogP contribution is -2.21. The number of hydrogen-bond acceptors (Lipinski definition) is 4. The van der Waals surface area contributed by atoms with Gasteiger partial charge in [0, 0.05) is 35.5 Å². The van der Waals surface area contributed by atoms with Gasteiger partial charge in [-0.05, 0) is 48.1 Å². The fraction of sp³-hybridized carbons (Fsp3) is 0.333. The lowest BCUT2D eigenvalue weighted by Gasteiger charge is -2.21. The normalized spacial score (nSPS) is 10.6. The molecule has 2 rings (SSSR count). The minimum absolute atomic E-state index is 0.743. The summed E-state index contributed by atoms with van der Waals surface area (Å²) < 4.78 is 0.994. The monoisotopic (exact) mass is 334 g/mol. The van der Waals surface area contributed by atoms with Gasteiger partial charge in [0.1, 0.15) is 5.82 Å². The zero-order valence-electron chi connectivity index (χ0n) is 12.0. The summed E-state index contributed by atoms with van der Waals surface area (Å²) in [4.78, 5) is 11.2. The number of nitrogens with one attached hydrogen (secondary N) is 1. The average Bonchev–Trinajstić information content (AvgIpc) is 2.39. The lowest BCUT2D eigenvalue weighted by molar-refractivity contribution is 0.788. The molecule has 0 saturated heterocycles. The van der Waals surface area contributed by atoms with Crippen LogP contribution in [-0.4, -0.2) is 24.1 Å². The molecule has 0 aliphatic rings. The van der Waals surface area contributed by atoms with Crippen molar-refractivity contribution < 1.29 is 0 Å². The first-order chi connectivity index (χ1) is 9.60. The van der Waals surface area contributed by atoms with E-state index < -0.39 is 0 Å². The Morgan fingerprint density at radius 2 is 2.15 bits per heavy atom. The van der Waals surface area contributed by atoms with E-state index in [4.69, 9.17) is 0 Å². The molecule has 0 fully saturated rings. The van der Waals surface area contributed by atoms with Gasteiger partial charge in [0.2, 0.25) is 0 Å². The maximum absolute atomic E-state index is 4.54. The molecule has 0 amide bonds. The largest absolute Gasteiger partial charge is 0.354 e. The highest BCUT2D eigenvalue weighted by atomic mass is 79.9. The summed E-state index contributed by atoms with van der Waals surface area (Å²) >= 11 is 3.47. The molecule has 0 aromatic carbocycles. The number of hydrogen-bond donors (Lipinski definition) is 1. The van der Waals surface area contributed by atoms with Crippen LogP contribution in [0.4, 0.5) is 5.82 Å². The number of anilines is 1. The van der Waals surface area contributed by atoms with Crippen molar-refractivity contribution in [2.45, 2.75) is 20.0 Å². The second-order valence-electron chi connectivity index (χ2n) is 4.79. The van der Waals surface area contributed by atoms with Crippen molar-refractivity contribution in [2.75, 3.05) is 19.0 Å². The summed E-state index contributed by atoms with van der Waals surface area (Å²) in [7, 11) is 3.98. The highest BCUT2D eigenvalue weighted by Gasteiger charge is 2.10. The van der Waals surface area contributed by atoms with Crippen molar-refractivity contribution in [1.82, 2.24) is 15.3 Å². The van der Waals surface area contributed by atoms with Crippen LogP contribution >= 0.6 is 15.9 Å². The van der Waals surface area contributed by atoms with Crippen LogP contribution < -0.4 is 10.2 Å². The van der Waals surface area contributed by atoms with Crippen LogP contribution in [0.2, 0.25) is 0 Å². The lowest BCUT2D eigenvalue weighted by atomic mass is 10.2. The van der Waals surface area contributed by atoms with Crippen LogP contribution in [0.5, 0.6) is 0 Å². The third-order valence-electron chi connectivity index (χ3n) is 2.98. The van der Waals surface area contributed by atoms with Gasteiger partial charge in [-0.25, -0.2) is 4.98 Å². The van der Waals surface area contributed by atoms with Gasteiger partial charge in [0.25, 0.3) is 0 Å². The molecule has 20 heavy (non-hydrogen) atoms. The van der Waals surface area contributed by atoms with Crippen molar-refractivity contribution in [1.29, 1.82) is 0 Å². The molecule has 0 saturated carbocycles. The van der Waals surface area contributed by atoms with Crippen molar-refractivity contribution in [3.05, 3.63) is 51.9 Å². The maximum atomic E-state index is 4.54. The molecule has 5 heteroatoms. The first-order valence-electron chi connectivity index (χ1n) is 6.53. The Morgan fingerprint density at radius 3 is 2.85 bits per heavy atom. The molecule has 0 spiro atoms. The average molecular weight is 335 g/mol. The zero-order chi connectivity index (χ0) is 14.5. The van der Waals surface area contributed by atoms with Crippen LogP contribution in [-0.2, 0) is 13.1 Å². The highest BCUT2D eigenvalue weighted by Crippen LogP contribution is 2.21. The van der Waals surface area contributed by atoms with E-state index in [1.54, 1.807) is 0 Å². The summed E-state index contributed by atoms with van der Waals surface area (Å²) in [5.74, 6) is 0.978. The molecule has 0 atom stereocenters. The second-order valence-corrected chi connectivity index (χ2v) is 5.71. The van der Waals surface area contributed by atoms with Gasteiger partial charge in [-0.1, -0.05) is 6.07 Å². The molecule has 0 bridgehead atoms. The Hall–Kier alpha value is -1.46. The van der Waals surface area contributed by atoms with Gasteiger partial charge in [-0.15, -0.1) is 0 Å². The summed E-state index contributed by atoms with van der Waals surface area (Å²) in [6.45, 7) is 3.54. The number of pyridine rings is 2. The third-order valence-corrected chi connectivity index (χ3v) is 3.42. The third kappa shape index (κ3) is 3.77. The van der Waals surface area contributed by atoms with Gasteiger partial charge >= 0.3 is 0 Å². The molecule has 106 valence electrons. The van der Waals surface area contributed by atoms with Gasteiger partial charge in [0.05, 0.1) is 12.2 Å². The van der Waals surface area contributed by atoms with Gasteiger partial charge < -0.3 is 10.2 Å². The molecule has 0 unspecified atom stereocenters. The van der Waals surface area contributed by atoms with Crippen LogP contribution in [0.3, 0.4) is 0 Å². The Kier molecular flexibility index (Phi) is 5.09. The van der Waals surface area contributed by atoms with E-state index in [0.717, 1.165) is 40.3 Å². The van der Waals surface area contributed by atoms with Crippen LogP contribution in [0, 0.1) is 6.92 Å². The molecular formula is C15H19BrN4. The summed E-state index contributed by atoms with van der Waals surface area (Å²) in [6.07, 6.45) is 1.83. The highest BCUT2D eigenvalue weighted by molar-refractivity contribution is 9.10.